The Hall–Kier alpha value is -2.79. The van der Waals surface area contributed by atoms with Crippen molar-refractivity contribution in [2.75, 3.05) is 6.61 Å². The highest BCUT2D eigenvalue weighted by atomic mass is 19.1. The molecule has 0 spiro atoms. The number of nitrogens with zero attached hydrogens (tertiary/aromatic N) is 1. The standard InChI is InChI=1S/C26H31FN2O2/c1-3-4-8-15-31-19(2)9-6-5-7-10-20-11-12-22(17-24(20)27)21-13-14-25-23(16-21)18-28-26(30)29-25/h7,10-14,16-19H,3-6,8-9,15H2,1-2H3,(H,28,29,30). The molecule has 0 aliphatic heterocycles. The van der Waals surface area contributed by atoms with Crippen LogP contribution in [0.15, 0.2) is 53.5 Å². The normalized spacial score (nSPS) is 12.6. The number of hydrogen-bond donors (Lipinski definition) is 1. The molecule has 1 aromatic heterocycles. The fourth-order valence-electron chi connectivity index (χ4n) is 3.53. The van der Waals surface area contributed by atoms with E-state index in [0.717, 1.165) is 48.8 Å². The van der Waals surface area contributed by atoms with Crippen molar-refractivity contribution in [2.24, 2.45) is 0 Å². The minimum atomic E-state index is -0.378. The third kappa shape index (κ3) is 6.86. The average molecular weight is 423 g/mol. The van der Waals surface area contributed by atoms with Gasteiger partial charge >= 0.3 is 5.69 Å². The van der Waals surface area contributed by atoms with Gasteiger partial charge in [-0.3, -0.25) is 0 Å². The number of aromatic amines is 1. The predicted molar refractivity (Wildman–Crippen MR) is 126 cm³/mol. The number of H-pyrrole nitrogens is 1. The van der Waals surface area contributed by atoms with Crippen LogP contribution in [0.4, 0.5) is 4.39 Å². The first-order valence-electron chi connectivity index (χ1n) is 11.1. The Kier molecular flexibility index (Phi) is 8.53. The summed E-state index contributed by atoms with van der Waals surface area (Å²) in [6, 6.07) is 10.8. The van der Waals surface area contributed by atoms with Crippen molar-refractivity contribution in [3.63, 3.8) is 0 Å². The van der Waals surface area contributed by atoms with Crippen LogP contribution in [0.5, 0.6) is 0 Å². The molecule has 31 heavy (non-hydrogen) atoms. The molecular weight excluding hydrogens is 391 g/mol. The van der Waals surface area contributed by atoms with Gasteiger partial charge in [0.2, 0.25) is 0 Å². The zero-order valence-electron chi connectivity index (χ0n) is 18.4. The van der Waals surface area contributed by atoms with Crippen LogP contribution in [0.25, 0.3) is 28.1 Å². The first-order chi connectivity index (χ1) is 15.1. The lowest BCUT2D eigenvalue weighted by Crippen LogP contribution is -2.08. The van der Waals surface area contributed by atoms with Crippen molar-refractivity contribution < 1.29 is 9.13 Å². The van der Waals surface area contributed by atoms with Gasteiger partial charge in [0.1, 0.15) is 5.82 Å². The number of aromatic nitrogens is 2. The van der Waals surface area contributed by atoms with Gasteiger partial charge < -0.3 is 9.72 Å². The number of ether oxygens (including phenoxy) is 1. The van der Waals surface area contributed by atoms with Crippen LogP contribution in [0, 0.1) is 5.82 Å². The van der Waals surface area contributed by atoms with Gasteiger partial charge in [-0.25, -0.2) is 14.2 Å². The van der Waals surface area contributed by atoms with Crippen LogP contribution in [0.1, 0.15) is 57.9 Å². The van der Waals surface area contributed by atoms with Gasteiger partial charge in [0.15, 0.2) is 0 Å². The van der Waals surface area contributed by atoms with Crippen molar-refractivity contribution in [1.82, 2.24) is 9.97 Å². The van der Waals surface area contributed by atoms with Crippen LogP contribution >= 0.6 is 0 Å². The summed E-state index contributed by atoms with van der Waals surface area (Å²) in [7, 11) is 0. The fourth-order valence-corrected chi connectivity index (χ4v) is 3.53. The van der Waals surface area contributed by atoms with E-state index in [0.29, 0.717) is 11.1 Å². The lowest BCUT2D eigenvalue weighted by molar-refractivity contribution is 0.0566. The first kappa shape index (κ1) is 22.9. The summed E-state index contributed by atoms with van der Waals surface area (Å²) in [4.78, 5) is 17.8. The molecule has 1 unspecified atom stereocenters. The van der Waals surface area contributed by atoms with E-state index >= 15 is 0 Å². The van der Waals surface area contributed by atoms with Crippen LogP contribution in [0.2, 0.25) is 0 Å². The molecule has 1 heterocycles. The maximum absolute atomic E-state index is 14.6. The molecule has 1 N–H and O–H groups in total. The Morgan fingerprint density at radius 1 is 1.13 bits per heavy atom. The van der Waals surface area contributed by atoms with Crippen LogP contribution in [-0.4, -0.2) is 22.7 Å². The van der Waals surface area contributed by atoms with E-state index < -0.39 is 0 Å². The van der Waals surface area contributed by atoms with E-state index in [-0.39, 0.29) is 17.6 Å². The van der Waals surface area contributed by atoms with Crippen molar-refractivity contribution in [1.29, 1.82) is 0 Å². The minimum absolute atomic E-state index is 0.249. The second-order valence-electron chi connectivity index (χ2n) is 7.95. The van der Waals surface area contributed by atoms with Crippen molar-refractivity contribution in [3.8, 4) is 11.1 Å². The van der Waals surface area contributed by atoms with E-state index in [1.54, 1.807) is 12.1 Å². The summed E-state index contributed by atoms with van der Waals surface area (Å²) in [5, 5.41) is 0.810. The molecule has 164 valence electrons. The molecule has 1 atom stereocenters. The van der Waals surface area contributed by atoms with Gasteiger partial charge in [-0.1, -0.05) is 50.1 Å². The topological polar surface area (TPSA) is 55.0 Å². The number of benzene rings is 2. The summed E-state index contributed by atoms with van der Waals surface area (Å²) in [5.74, 6) is -0.249. The van der Waals surface area contributed by atoms with Crippen LogP contribution in [0.3, 0.4) is 0 Å². The molecule has 0 aliphatic carbocycles. The molecule has 0 fully saturated rings. The number of hydrogen-bond acceptors (Lipinski definition) is 3. The number of rotatable bonds is 11. The molecule has 0 amide bonds. The number of fused-ring (bicyclic) bond motifs is 1. The molecule has 0 saturated carbocycles. The quantitative estimate of drug-likeness (QED) is 0.359. The van der Waals surface area contributed by atoms with E-state index in [2.05, 4.69) is 23.8 Å². The highest BCUT2D eigenvalue weighted by Gasteiger charge is 2.05. The molecule has 4 nitrogen and oxygen atoms in total. The number of unbranched alkanes of at least 4 members (excludes halogenated alkanes) is 3. The summed E-state index contributed by atoms with van der Waals surface area (Å²) in [5.41, 5.74) is 2.58. The van der Waals surface area contributed by atoms with E-state index in [1.165, 1.54) is 19.0 Å². The first-order valence-corrected chi connectivity index (χ1v) is 11.1. The summed E-state index contributed by atoms with van der Waals surface area (Å²) < 4.78 is 20.4. The van der Waals surface area contributed by atoms with Crippen molar-refractivity contribution in [3.05, 3.63) is 70.5 Å². The molecule has 0 radical (unpaired) electrons. The van der Waals surface area contributed by atoms with Crippen molar-refractivity contribution in [2.45, 2.75) is 58.5 Å². The molecule has 0 saturated heterocycles. The van der Waals surface area contributed by atoms with Crippen LogP contribution in [-0.2, 0) is 4.74 Å². The third-order valence-electron chi connectivity index (χ3n) is 5.38. The summed E-state index contributed by atoms with van der Waals surface area (Å²) >= 11 is 0. The fraction of sp³-hybridized carbons (Fsp3) is 0.385. The van der Waals surface area contributed by atoms with Gasteiger partial charge in [-0.2, -0.15) is 0 Å². The summed E-state index contributed by atoms with van der Waals surface area (Å²) in [6.07, 6.45) is 12.2. The second-order valence-corrected chi connectivity index (χ2v) is 7.95. The molecule has 2 aromatic carbocycles. The molecule has 3 rings (SSSR count). The predicted octanol–water partition coefficient (Wildman–Crippen LogP) is 6.51. The highest BCUT2D eigenvalue weighted by molar-refractivity contribution is 5.83. The monoisotopic (exact) mass is 422 g/mol. The largest absolute Gasteiger partial charge is 0.379 e. The molecule has 5 heteroatoms. The Labute approximate surface area is 183 Å². The smallest absolute Gasteiger partial charge is 0.345 e. The minimum Gasteiger partial charge on any atom is -0.379 e. The van der Waals surface area contributed by atoms with Gasteiger partial charge in [-0.15, -0.1) is 0 Å². The molecular formula is C26H31FN2O2. The number of nitrogens with one attached hydrogen (secondary N) is 1. The lowest BCUT2D eigenvalue weighted by atomic mass is 10.0. The van der Waals surface area contributed by atoms with E-state index in [1.807, 2.05) is 36.4 Å². The SMILES string of the molecule is CCCCCOC(C)CCCC=Cc1ccc(-c2ccc3[nH]c(=O)ncc3c2)cc1F. The highest BCUT2D eigenvalue weighted by Crippen LogP contribution is 2.25. The lowest BCUT2D eigenvalue weighted by Gasteiger charge is -2.12. The maximum Gasteiger partial charge on any atom is 0.345 e. The van der Waals surface area contributed by atoms with Crippen LogP contribution < -0.4 is 5.69 Å². The van der Waals surface area contributed by atoms with Crippen molar-refractivity contribution >= 4 is 17.0 Å². The van der Waals surface area contributed by atoms with Gasteiger partial charge in [0.05, 0.1) is 11.6 Å². The zero-order chi connectivity index (χ0) is 22.1. The van der Waals surface area contributed by atoms with Gasteiger partial charge in [0.25, 0.3) is 0 Å². The third-order valence-corrected chi connectivity index (χ3v) is 5.38. The zero-order valence-corrected chi connectivity index (χ0v) is 18.4. The van der Waals surface area contributed by atoms with Gasteiger partial charge in [0, 0.05) is 23.8 Å². The number of halogens is 1. The Morgan fingerprint density at radius 2 is 1.94 bits per heavy atom. The Balaban J connectivity index is 1.53. The average Bonchev–Trinajstić information content (AvgIpc) is 2.77. The molecule has 0 aliphatic rings. The Bertz CT molecular complexity index is 1070. The summed E-state index contributed by atoms with van der Waals surface area (Å²) in [6.45, 7) is 5.15. The second kappa shape index (κ2) is 11.6. The molecule has 0 bridgehead atoms. The van der Waals surface area contributed by atoms with E-state index in [4.69, 9.17) is 4.74 Å². The molecule has 3 aromatic rings. The van der Waals surface area contributed by atoms with Gasteiger partial charge in [-0.05, 0) is 61.9 Å². The Morgan fingerprint density at radius 3 is 2.74 bits per heavy atom. The number of allylic oxidation sites excluding steroid dienone is 1. The maximum atomic E-state index is 14.6. The van der Waals surface area contributed by atoms with E-state index in [9.17, 15) is 9.18 Å².